The van der Waals surface area contributed by atoms with E-state index in [4.69, 9.17) is 14.2 Å². The van der Waals surface area contributed by atoms with Crippen LogP contribution in [0.4, 0.5) is 5.69 Å². The number of hydrogen-bond acceptors (Lipinski definition) is 4. The van der Waals surface area contributed by atoms with Crippen LogP contribution in [-0.4, -0.2) is 20.1 Å². The molecule has 3 rings (SSSR count). The fraction of sp³-hybridized carbons (Fsp3) is 0.0952. The average Bonchev–Trinajstić information content (AvgIpc) is 2.69. The van der Waals surface area contributed by atoms with E-state index < -0.39 is 0 Å². The number of nitrogens with one attached hydrogen (secondary N) is 1. The Hall–Kier alpha value is -2.74. The van der Waals surface area contributed by atoms with Gasteiger partial charge in [-0.05, 0) is 71.1 Å². The highest BCUT2D eigenvalue weighted by molar-refractivity contribution is 14.1. The molecule has 0 aromatic heterocycles. The molecule has 27 heavy (non-hydrogen) atoms. The van der Waals surface area contributed by atoms with Gasteiger partial charge in [0.15, 0.2) is 11.5 Å². The number of rotatable bonds is 6. The highest BCUT2D eigenvalue weighted by Gasteiger charge is 2.15. The summed E-state index contributed by atoms with van der Waals surface area (Å²) in [6.45, 7) is 0. The number of ether oxygens (including phenoxy) is 3. The van der Waals surface area contributed by atoms with E-state index in [2.05, 4.69) is 27.9 Å². The quantitative estimate of drug-likeness (QED) is 0.489. The van der Waals surface area contributed by atoms with Crippen molar-refractivity contribution in [2.75, 3.05) is 19.5 Å². The third-order valence-electron chi connectivity index (χ3n) is 3.79. The van der Waals surface area contributed by atoms with Crippen molar-refractivity contribution in [1.82, 2.24) is 0 Å². The van der Waals surface area contributed by atoms with E-state index in [0.29, 0.717) is 28.5 Å². The highest BCUT2D eigenvalue weighted by atomic mass is 127. The lowest BCUT2D eigenvalue weighted by Gasteiger charge is -2.12. The lowest BCUT2D eigenvalue weighted by Crippen LogP contribution is -2.12. The molecule has 0 heterocycles. The molecule has 0 aliphatic heterocycles. The van der Waals surface area contributed by atoms with Crippen LogP contribution >= 0.6 is 22.6 Å². The maximum atomic E-state index is 12.6. The van der Waals surface area contributed by atoms with Gasteiger partial charge < -0.3 is 19.5 Å². The highest BCUT2D eigenvalue weighted by Crippen LogP contribution is 2.33. The van der Waals surface area contributed by atoms with Crippen molar-refractivity contribution in [3.8, 4) is 23.0 Å². The Morgan fingerprint density at radius 1 is 0.889 bits per heavy atom. The molecule has 0 aliphatic carbocycles. The van der Waals surface area contributed by atoms with Gasteiger partial charge in [-0.3, -0.25) is 4.79 Å². The van der Waals surface area contributed by atoms with Crippen molar-refractivity contribution in [1.29, 1.82) is 0 Å². The molecule has 1 amide bonds. The Bertz CT molecular complexity index is 927. The lowest BCUT2D eigenvalue weighted by molar-refractivity contribution is 0.102. The van der Waals surface area contributed by atoms with Crippen LogP contribution in [0.15, 0.2) is 66.7 Å². The molecule has 0 spiro atoms. The van der Waals surface area contributed by atoms with Crippen molar-refractivity contribution >= 4 is 34.2 Å². The van der Waals surface area contributed by atoms with Crippen LogP contribution in [0.25, 0.3) is 0 Å². The number of hydrogen-bond donors (Lipinski definition) is 1. The van der Waals surface area contributed by atoms with Gasteiger partial charge in [-0.1, -0.05) is 18.2 Å². The van der Waals surface area contributed by atoms with Crippen molar-refractivity contribution in [2.45, 2.75) is 0 Å². The number of anilines is 1. The van der Waals surface area contributed by atoms with Gasteiger partial charge in [-0.15, -0.1) is 0 Å². The number of benzene rings is 3. The monoisotopic (exact) mass is 475 g/mol. The molecular weight excluding hydrogens is 457 g/mol. The molecule has 0 saturated heterocycles. The van der Waals surface area contributed by atoms with Crippen LogP contribution in [0, 0.1) is 3.57 Å². The van der Waals surface area contributed by atoms with Crippen LogP contribution in [0.5, 0.6) is 23.0 Å². The molecule has 0 fully saturated rings. The largest absolute Gasteiger partial charge is 0.493 e. The first-order chi connectivity index (χ1) is 13.1. The molecule has 0 saturated carbocycles. The van der Waals surface area contributed by atoms with Gasteiger partial charge >= 0.3 is 0 Å². The second kappa shape index (κ2) is 8.77. The molecule has 0 aliphatic rings. The fourth-order valence-electron chi connectivity index (χ4n) is 2.48. The topological polar surface area (TPSA) is 56.8 Å². The third-order valence-corrected chi connectivity index (χ3v) is 4.59. The van der Waals surface area contributed by atoms with E-state index in [1.165, 1.54) is 0 Å². The SMILES string of the molecule is COc1cc(C(=O)Nc2ccc(Oc3ccccc3)cc2)cc(I)c1OC. The van der Waals surface area contributed by atoms with Crippen molar-refractivity contribution in [3.63, 3.8) is 0 Å². The maximum absolute atomic E-state index is 12.6. The summed E-state index contributed by atoms with van der Waals surface area (Å²) in [6.07, 6.45) is 0. The van der Waals surface area contributed by atoms with Crippen molar-refractivity contribution in [3.05, 3.63) is 75.9 Å². The van der Waals surface area contributed by atoms with Gasteiger partial charge in [0, 0.05) is 11.3 Å². The summed E-state index contributed by atoms with van der Waals surface area (Å²) < 4.78 is 17.2. The van der Waals surface area contributed by atoms with Crippen LogP contribution in [0.3, 0.4) is 0 Å². The summed E-state index contributed by atoms with van der Waals surface area (Å²) >= 11 is 2.11. The molecule has 1 N–H and O–H groups in total. The molecule has 3 aromatic carbocycles. The standard InChI is InChI=1S/C21H18INO4/c1-25-19-13-14(12-18(22)20(19)26-2)21(24)23-15-8-10-17(11-9-15)27-16-6-4-3-5-7-16/h3-13H,1-2H3,(H,23,24). The molecule has 6 heteroatoms. The molecule has 0 bridgehead atoms. The Morgan fingerprint density at radius 3 is 2.19 bits per heavy atom. The Labute approximate surface area is 171 Å². The fourth-order valence-corrected chi connectivity index (χ4v) is 3.30. The first-order valence-electron chi connectivity index (χ1n) is 8.16. The zero-order valence-electron chi connectivity index (χ0n) is 14.9. The van der Waals surface area contributed by atoms with E-state index in [1.54, 1.807) is 50.6 Å². The summed E-state index contributed by atoms with van der Waals surface area (Å²) in [7, 11) is 3.11. The average molecular weight is 475 g/mol. The number of carbonyl (C=O) groups is 1. The van der Waals surface area contributed by atoms with Gasteiger partial charge in [-0.2, -0.15) is 0 Å². The van der Waals surface area contributed by atoms with Crippen molar-refractivity contribution in [2.24, 2.45) is 0 Å². The summed E-state index contributed by atoms with van der Waals surface area (Å²) in [6, 6.07) is 20.1. The Kier molecular flexibility index (Phi) is 6.18. The second-order valence-corrected chi connectivity index (χ2v) is 6.75. The Morgan fingerprint density at radius 2 is 1.56 bits per heavy atom. The Balaban J connectivity index is 1.72. The number of para-hydroxylation sites is 1. The summed E-state index contributed by atoms with van der Waals surface area (Å²) in [5, 5.41) is 2.87. The molecule has 0 radical (unpaired) electrons. The first-order valence-corrected chi connectivity index (χ1v) is 9.24. The van der Waals surface area contributed by atoms with Crippen molar-refractivity contribution < 1.29 is 19.0 Å². The van der Waals surface area contributed by atoms with E-state index in [-0.39, 0.29) is 5.91 Å². The minimum Gasteiger partial charge on any atom is -0.493 e. The summed E-state index contributed by atoms with van der Waals surface area (Å²) in [4.78, 5) is 12.6. The molecule has 3 aromatic rings. The smallest absolute Gasteiger partial charge is 0.255 e. The third kappa shape index (κ3) is 4.71. The van der Waals surface area contributed by atoms with E-state index in [9.17, 15) is 4.79 Å². The minimum atomic E-state index is -0.231. The zero-order valence-corrected chi connectivity index (χ0v) is 17.0. The minimum absolute atomic E-state index is 0.231. The normalized spacial score (nSPS) is 10.2. The number of amides is 1. The predicted molar refractivity (Wildman–Crippen MR) is 113 cm³/mol. The predicted octanol–water partition coefficient (Wildman–Crippen LogP) is 5.35. The first kappa shape index (κ1) is 19.0. The number of methoxy groups -OCH3 is 2. The van der Waals surface area contributed by atoms with Gasteiger partial charge in [0.2, 0.25) is 0 Å². The van der Waals surface area contributed by atoms with Gasteiger partial charge in [0.1, 0.15) is 11.5 Å². The number of halogens is 1. The van der Waals surface area contributed by atoms with E-state index in [1.807, 2.05) is 30.3 Å². The maximum Gasteiger partial charge on any atom is 0.255 e. The van der Waals surface area contributed by atoms with Gasteiger partial charge in [0.05, 0.1) is 17.8 Å². The second-order valence-electron chi connectivity index (χ2n) is 5.59. The number of carbonyl (C=O) groups excluding carboxylic acids is 1. The van der Waals surface area contributed by atoms with Crippen LogP contribution < -0.4 is 19.5 Å². The van der Waals surface area contributed by atoms with Gasteiger partial charge in [0.25, 0.3) is 5.91 Å². The molecule has 0 atom stereocenters. The van der Waals surface area contributed by atoms with Gasteiger partial charge in [-0.25, -0.2) is 0 Å². The summed E-state index contributed by atoms with van der Waals surface area (Å²) in [5.74, 6) is 2.35. The van der Waals surface area contributed by atoms with E-state index in [0.717, 1.165) is 9.32 Å². The summed E-state index contributed by atoms with van der Waals surface area (Å²) in [5.41, 5.74) is 1.16. The van der Waals surface area contributed by atoms with Crippen LogP contribution in [0.2, 0.25) is 0 Å². The molecule has 138 valence electrons. The molecule has 0 unspecified atom stereocenters. The lowest BCUT2D eigenvalue weighted by atomic mass is 10.2. The molecular formula is C21H18INO4. The molecule has 5 nitrogen and oxygen atoms in total. The van der Waals surface area contributed by atoms with Crippen LogP contribution in [-0.2, 0) is 0 Å². The van der Waals surface area contributed by atoms with Crippen LogP contribution in [0.1, 0.15) is 10.4 Å². The zero-order chi connectivity index (χ0) is 19.2. The van der Waals surface area contributed by atoms with E-state index >= 15 is 0 Å².